The molecule has 1 heterocycles. The summed E-state index contributed by atoms with van der Waals surface area (Å²) in [6.45, 7) is 5.24. The topological polar surface area (TPSA) is 93.4 Å². The van der Waals surface area contributed by atoms with Gasteiger partial charge in [-0.05, 0) is 44.5 Å². The van der Waals surface area contributed by atoms with Crippen molar-refractivity contribution in [2.24, 2.45) is 7.05 Å². The molecule has 7 nitrogen and oxygen atoms in total. The molecule has 1 aromatic heterocycles. The standard InChI is InChI=1S/C17H21N3O4/c1-10-7-13(24-9-17(22)23)5-6-15(10)18-16(21)8-14-11(2)19-20(4)12(14)3/h5-7H,8-9H2,1-4H3,(H,18,21)(H,22,23). The lowest BCUT2D eigenvalue weighted by molar-refractivity contribution is -0.139. The third-order valence-electron chi connectivity index (χ3n) is 3.83. The number of carboxylic acid groups (broad SMARTS) is 1. The van der Waals surface area contributed by atoms with Crippen LogP contribution in [0.3, 0.4) is 0 Å². The van der Waals surface area contributed by atoms with Gasteiger partial charge in [-0.2, -0.15) is 5.10 Å². The molecule has 0 spiro atoms. The Morgan fingerprint density at radius 2 is 2.00 bits per heavy atom. The van der Waals surface area contributed by atoms with E-state index >= 15 is 0 Å². The molecule has 0 aliphatic heterocycles. The molecular formula is C17H21N3O4. The largest absolute Gasteiger partial charge is 0.482 e. The van der Waals surface area contributed by atoms with Gasteiger partial charge in [0.25, 0.3) is 0 Å². The molecule has 0 fully saturated rings. The minimum atomic E-state index is -1.03. The van der Waals surface area contributed by atoms with E-state index in [0.717, 1.165) is 22.5 Å². The number of aromatic nitrogens is 2. The summed E-state index contributed by atoms with van der Waals surface area (Å²) in [6.07, 6.45) is 0.252. The van der Waals surface area contributed by atoms with Crippen LogP contribution in [0.25, 0.3) is 0 Å². The summed E-state index contributed by atoms with van der Waals surface area (Å²) in [7, 11) is 1.85. The summed E-state index contributed by atoms with van der Waals surface area (Å²) in [5, 5.41) is 15.8. The van der Waals surface area contributed by atoms with Crippen molar-refractivity contribution in [1.82, 2.24) is 9.78 Å². The lowest BCUT2D eigenvalue weighted by Gasteiger charge is -2.11. The summed E-state index contributed by atoms with van der Waals surface area (Å²) in [5.41, 5.74) is 4.21. The third kappa shape index (κ3) is 4.13. The Hall–Kier alpha value is -2.83. The van der Waals surface area contributed by atoms with Crippen LogP contribution in [0.2, 0.25) is 0 Å². The molecule has 0 saturated heterocycles. The number of nitrogens with one attached hydrogen (secondary N) is 1. The molecule has 0 aliphatic carbocycles. The van der Waals surface area contributed by atoms with Gasteiger partial charge in [0.05, 0.1) is 12.1 Å². The molecular weight excluding hydrogens is 310 g/mol. The predicted molar refractivity (Wildman–Crippen MR) is 89.3 cm³/mol. The first kappa shape index (κ1) is 17.5. The zero-order valence-corrected chi connectivity index (χ0v) is 14.2. The number of aryl methyl sites for hydroxylation is 3. The van der Waals surface area contributed by atoms with E-state index < -0.39 is 12.6 Å². The number of ether oxygens (including phenoxy) is 1. The van der Waals surface area contributed by atoms with Crippen molar-refractivity contribution in [3.05, 3.63) is 40.7 Å². The number of rotatable bonds is 6. The summed E-state index contributed by atoms with van der Waals surface area (Å²) < 4.78 is 6.88. The van der Waals surface area contributed by atoms with Crippen molar-refractivity contribution < 1.29 is 19.4 Å². The molecule has 0 bridgehead atoms. The van der Waals surface area contributed by atoms with E-state index in [4.69, 9.17) is 9.84 Å². The SMILES string of the molecule is Cc1cc(OCC(=O)O)ccc1NC(=O)Cc1c(C)nn(C)c1C. The third-order valence-corrected chi connectivity index (χ3v) is 3.83. The summed E-state index contributed by atoms with van der Waals surface area (Å²) in [4.78, 5) is 22.8. The van der Waals surface area contributed by atoms with Gasteiger partial charge in [-0.1, -0.05) is 0 Å². The molecule has 0 saturated carbocycles. The first-order chi connectivity index (χ1) is 11.3. The van der Waals surface area contributed by atoms with E-state index in [1.54, 1.807) is 22.9 Å². The summed E-state index contributed by atoms with van der Waals surface area (Å²) in [5.74, 6) is -0.712. The lowest BCUT2D eigenvalue weighted by Crippen LogP contribution is -2.16. The Morgan fingerprint density at radius 1 is 1.29 bits per heavy atom. The number of anilines is 1. The number of hydrogen-bond acceptors (Lipinski definition) is 4. The van der Waals surface area contributed by atoms with Crippen LogP contribution in [0.1, 0.15) is 22.5 Å². The molecule has 1 amide bonds. The molecule has 7 heteroatoms. The van der Waals surface area contributed by atoms with Crippen LogP contribution < -0.4 is 10.1 Å². The van der Waals surface area contributed by atoms with Crippen molar-refractivity contribution in [3.8, 4) is 5.75 Å². The second-order valence-electron chi connectivity index (χ2n) is 5.66. The summed E-state index contributed by atoms with van der Waals surface area (Å²) >= 11 is 0. The number of carbonyl (C=O) groups is 2. The minimum Gasteiger partial charge on any atom is -0.482 e. The zero-order valence-electron chi connectivity index (χ0n) is 14.2. The van der Waals surface area contributed by atoms with E-state index in [-0.39, 0.29) is 12.3 Å². The molecule has 1 aromatic carbocycles. The van der Waals surface area contributed by atoms with E-state index in [2.05, 4.69) is 10.4 Å². The van der Waals surface area contributed by atoms with Gasteiger partial charge in [-0.25, -0.2) is 4.79 Å². The second kappa shape index (κ2) is 7.16. The fourth-order valence-electron chi connectivity index (χ4n) is 2.44. The van der Waals surface area contributed by atoms with Crippen molar-refractivity contribution in [1.29, 1.82) is 0 Å². The van der Waals surface area contributed by atoms with Crippen LogP contribution >= 0.6 is 0 Å². The van der Waals surface area contributed by atoms with E-state index in [0.29, 0.717) is 11.4 Å². The van der Waals surface area contributed by atoms with Crippen molar-refractivity contribution >= 4 is 17.6 Å². The second-order valence-corrected chi connectivity index (χ2v) is 5.66. The van der Waals surface area contributed by atoms with Gasteiger partial charge < -0.3 is 15.2 Å². The van der Waals surface area contributed by atoms with Crippen LogP contribution in [0.4, 0.5) is 5.69 Å². The number of carbonyl (C=O) groups excluding carboxylic acids is 1. The monoisotopic (exact) mass is 331 g/mol. The maximum Gasteiger partial charge on any atom is 0.341 e. The highest BCUT2D eigenvalue weighted by Gasteiger charge is 2.14. The lowest BCUT2D eigenvalue weighted by atomic mass is 10.1. The number of benzene rings is 1. The fraction of sp³-hybridized carbons (Fsp3) is 0.353. The molecule has 2 rings (SSSR count). The molecule has 0 unspecified atom stereocenters. The molecule has 2 N–H and O–H groups in total. The Labute approximate surface area is 140 Å². The van der Waals surface area contributed by atoms with Gasteiger partial charge >= 0.3 is 5.97 Å². The Bertz CT molecular complexity index is 780. The van der Waals surface area contributed by atoms with Gasteiger partial charge in [0.15, 0.2) is 6.61 Å². The summed E-state index contributed by atoms with van der Waals surface area (Å²) in [6, 6.07) is 5.03. The van der Waals surface area contributed by atoms with Crippen molar-refractivity contribution in [3.63, 3.8) is 0 Å². The average Bonchev–Trinajstić information content (AvgIpc) is 2.74. The molecule has 24 heavy (non-hydrogen) atoms. The normalized spacial score (nSPS) is 10.5. The minimum absolute atomic E-state index is 0.128. The first-order valence-electron chi connectivity index (χ1n) is 7.52. The van der Waals surface area contributed by atoms with Crippen LogP contribution in [-0.2, 0) is 23.1 Å². The molecule has 0 aliphatic rings. The zero-order chi connectivity index (χ0) is 17.9. The van der Waals surface area contributed by atoms with E-state index in [9.17, 15) is 9.59 Å². The molecule has 0 atom stereocenters. The first-order valence-corrected chi connectivity index (χ1v) is 7.52. The van der Waals surface area contributed by atoms with Crippen LogP contribution in [-0.4, -0.2) is 33.4 Å². The van der Waals surface area contributed by atoms with Crippen LogP contribution in [0.15, 0.2) is 18.2 Å². The Balaban J connectivity index is 2.05. The van der Waals surface area contributed by atoms with Crippen LogP contribution in [0, 0.1) is 20.8 Å². The molecule has 128 valence electrons. The predicted octanol–water partition coefficient (Wildman–Crippen LogP) is 1.99. The number of aliphatic carboxylic acids is 1. The van der Waals surface area contributed by atoms with Crippen LogP contribution in [0.5, 0.6) is 5.75 Å². The maximum atomic E-state index is 12.3. The Kier molecular flexibility index (Phi) is 5.23. The van der Waals surface area contributed by atoms with E-state index in [1.807, 2.05) is 27.8 Å². The number of carboxylic acids is 1. The average molecular weight is 331 g/mol. The molecule has 2 aromatic rings. The van der Waals surface area contributed by atoms with Gasteiger partial charge in [-0.3, -0.25) is 9.48 Å². The Morgan fingerprint density at radius 3 is 2.54 bits per heavy atom. The fourth-order valence-corrected chi connectivity index (χ4v) is 2.44. The number of nitrogens with zero attached hydrogens (tertiary/aromatic N) is 2. The quantitative estimate of drug-likeness (QED) is 0.844. The highest BCUT2D eigenvalue weighted by atomic mass is 16.5. The van der Waals surface area contributed by atoms with Crippen molar-refractivity contribution in [2.45, 2.75) is 27.2 Å². The number of hydrogen-bond donors (Lipinski definition) is 2. The maximum absolute atomic E-state index is 12.3. The van der Waals surface area contributed by atoms with Gasteiger partial charge in [0.2, 0.25) is 5.91 Å². The molecule has 0 radical (unpaired) electrons. The van der Waals surface area contributed by atoms with Crippen molar-refractivity contribution in [2.75, 3.05) is 11.9 Å². The smallest absolute Gasteiger partial charge is 0.341 e. The van der Waals surface area contributed by atoms with E-state index in [1.165, 1.54) is 0 Å². The number of amides is 1. The van der Waals surface area contributed by atoms with Gasteiger partial charge in [0.1, 0.15) is 5.75 Å². The highest BCUT2D eigenvalue weighted by molar-refractivity contribution is 5.93. The highest BCUT2D eigenvalue weighted by Crippen LogP contribution is 2.22. The van der Waals surface area contributed by atoms with Gasteiger partial charge in [0, 0.05) is 24.0 Å². The van der Waals surface area contributed by atoms with Gasteiger partial charge in [-0.15, -0.1) is 0 Å².